The van der Waals surface area contributed by atoms with Gasteiger partial charge in [0.15, 0.2) is 0 Å². The molecular weight excluding hydrogens is 166 g/mol. The van der Waals surface area contributed by atoms with Gasteiger partial charge in [-0.2, -0.15) is 0 Å². The first-order chi connectivity index (χ1) is 6.42. The first-order valence-corrected chi connectivity index (χ1v) is 6.42. The minimum absolute atomic E-state index is 0.528. The van der Waals surface area contributed by atoms with Gasteiger partial charge in [0.2, 0.25) is 0 Å². The molecule has 0 heterocycles. The highest BCUT2D eigenvalue weighted by atomic mass is 14.4. The van der Waals surface area contributed by atoms with Crippen LogP contribution in [0.2, 0.25) is 5.21 Å². The van der Waals surface area contributed by atoms with Crippen LogP contribution in [0.5, 0.6) is 0 Å². The Morgan fingerprint density at radius 3 is 2.43 bits per heavy atom. The fraction of sp³-hybridized carbons (Fsp3) is 1.00. The van der Waals surface area contributed by atoms with E-state index < -0.39 is 0 Å². The Morgan fingerprint density at radius 1 is 1.29 bits per heavy atom. The Kier molecular flexibility index (Phi) is 4.15. The van der Waals surface area contributed by atoms with Crippen molar-refractivity contribution in [2.24, 2.45) is 17.8 Å². The standard InChI is InChI=1S/C12H26B2/c1-4-5-10-6-9(2)11(7-10)8-12(3,13)14/h9-11H,4-8,13-14H2,1-3H3. The highest BCUT2D eigenvalue weighted by Crippen LogP contribution is 2.44. The van der Waals surface area contributed by atoms with E-state index in [1.807, 2.05) is 0 Å². The van der Waals surface area contributed by atoms with Crippen LogP contribution in [-0.2, 0) is 0 Å². The second kappa shape index (κ2) is 4.77. The van der Waals surface area contributed by atoms with Crippen LogP contribution >= 0.6 is 0 Å². The van der Waals surface area contributed by atoms with Gasteiger partial charge in [0.1, 0.15) is 0 Å². The first kappa shape index (κ1) is 12.2. The minimum Gasteiger partial charge on any atom is -0.0869 e. The molecule has 0 aromatic heterocycles. The summed E-state index contributed by atoms with van der Waals surface area (Å²) in [5.74, 6) is 3.03. The lowest BCUT2D eigenvalue weighted by molar-refractivity contribution is 0.375. The lowest BCUT2D eigenvalue weighted by Gasteiger charge is -2.25. The van der Waals surface area contributed by atoms with E-state index in [9.17, 15) is 0 Å². The van der Waals surface area contributed by atoms with Crippen LogP contribution in [0.4, 0.5) is 0 Å². The van der Waals surface area contributed by atoms with Crippen LogP contribution in [0, 0.1) is 17.8 Å². The summed E-state index contributed by atoms with van der Waals surface area (Å²) in [6.45, 7) is 7.17. The fourth-order valence-corrected chi connectivity index (χ4v) is 3.19. The lowest BCUT2D eigenvalue weighted by Crippen LogP contribution is -2.16. The molecule has 2 heteroatoms. The van der Waals surface area contributed by atoms with Gasteiger partial charge in [-0.25, -0.2) is 0 Å². The molecule has 1 fully saturated rings. The van der Waals surface area contributed by atoms with Gasteiger partial charge in [0, 0.05) is 0 Å². The molecule has 0 nitrogen and oxygen atoms in total. The summed E-state index contributed by atoms with van der Waals surface area (Å²) in [6.07, 6.45) is 7.26. The van der Waals surface area contributed by atoms with Crippen LogP contribution in [0.3, 0.4) is 0 Å². The molecule has 0 N–H and O–H groups in total. The van der Waals surface area contributed by atoms with Crippen molar-refractivity contribution < 1.29 is 0 Å². The van der Waals surface area contributed by atoms with Gasteiger partial charge in [-0.05, 0) is 30.6 Å². The summed E-state index contributed by atoms with van der Waals surface area (Å²) in [6, 6.07) is 0. The lowest BCUT2D eigenvalue weighted by atomic mass is 9.52. The van der Waals surface area contributed by atoms with E-state index in [0.29, 0.717) is 5.21 Å². The summed E-state index contributed by atoms with van der Waals surface area (Å²) < 4.78 is 0. The van der Waals surface area contributed by atoms with Gasteiger partial charge in [-0.3, -0.25) is 0 Å². The van der Waals surface area contributed by atoms with Crippen molar-refractivity contribution in [2.45, 2.75) is 58.1 Å². The predicted octanol–water partition coefficient (Wildman–Crippen LogP) is 2.24. The van der Waals surface area contributed by atoms with E-state index in [2.05, 4.69) is 36.5 Å². The molecule has 0 spiro atoms. The SMILES string of the molecule is BC(B)(C)CC1CC(CCC)CC1C. The average Bonchev–Trinajstić information content (AvgIpc) is 2.29. The Bertz CT molecular complexity index is 172. The molecule has 3 unspecified atom stereocenters. The van der Waals surface area contributed by atoms with Crippen LogP contribution in [0.15, 0.2) is 0 Å². The maximum atomic E-state index is 2.46. The van der Waals surface area contributed by atoms with Crippen LogP contribution < -0.4 is 0 Å². The van der Waals surface area contributed by atoms with E-state index in [1.165, 1.54) is 32.1 Å². The van der Waals surface area contributed by atoms with Gasteiger partial charge in [0.05, 0.1) is 15.7 Å². The third kappa shape index (κ3) is 3.71. The molecular formula is C12H26B2. The topological polar surface area (TPSA) is 0 Å². The molecule has 14 heavy (non-hydrogen) atoms. The second-order valence-corrected chi connectivity index (χ2v) is 6.63. The molecule has 1 aliphatic carbocycles. The number of rotatable bonds is 4. The molecule has 0 aromatic carbocycles. The van der Waals surface area contributed by atoms with Crippen molar-refractivity contribution in [1.82, 2.24) is 0 Å². The quantitative estimate of drug-likeness (QED) is 0.599. The van der Waals surface area contributed by atoms with Crippen molar-refractivity contribution in [2.75, 3.05) is 0 Å². The maximum absolute atomic E-state index is 2.46. The van der Waals surface area contributed by atoms with Crippen molar-refractivity contribution in [1.29, 1.82) is 0 Å². The van der Waals surface area contributed by atoms with Crippen LogP contribution in [-0.4, -0.2) is 15.7 Å². The third-order valence-electron chi connectivity index (χ3n) is 3.72. The molecule has 0 amide bonds. The number of hydrogen-bond donors (Lipinski definition) is 0. The predicted molar refractivity (Wildman–Crippen MR) is 70.4 cm³/mol. The molecule has 0 saturated heterocycles. The smallest absolute Gasteiger partial charge is 0.0869 e. The highest BCUT2D eigenvalue weighted by molar-refractivity contribution is 6.39. The van der Waals surface area contributed by atoms with Crippen molar-refractivity contribution >= 4 is 15.7 Å². The average molecular weight is 192 g/mol. The summed E-state index contributed by atoms with van der Waals surface area (Å²) >= 11 is 0. The summed E-state index contributed by atoms with van der Waals surface area (Å²) in [5, 5.41) is 0.528. The molecule has 1 rings (SSSR count). The Balaban J connectivity index is 2.40. The normalized spacial score (nSPS) is 33.5. The van der Waals surface area contributed by atoms with Gasteiger partial charge in [-0.15, -0.1) is 0 Å². The van der Waals surface area contributed by atoms with Gasteiger partial charge in [-0.1, -0.05) is 45.2 Å². The zero-order valence-electron chi connectivity index (χ0n) is 10.8. The maximum Gasteiger partial charge on any atom is 0.0988 e. The molecule has 0 radical (unpaired) electrons. The van der Waals surface area contributed by atoms with Crippen molar-refractivity contribution in [3.63, 3.8) is 0 Å². The molecule has 1 aliphatic rings. The molecule has 3 atom stereocenters. The summed E-state index contributed by atoms with van der Waals surface area (Å²) in [5.41, 5.74) is 0. The van der Waals surface area contributed by atoms with Gasteiger partial charge < -0.3 is 0 Å². The van der Waals surface area contributed by atoms with Crippen LogP contribution in [0.25, 0.3) is 0 Å². The first-order valence-electron chi connectivity index (χ1n) is 6.42. The molecule has 1 saturated carbocycles. The summed E-state index contributed by atoms with van der Waals surface area (Å²) in [4.78, 5) is 0. The Morgan fingerprint density at radius 2 is 1.93 bits per heavy atom. The van der Waals surface area contributed by atoms with E-state index in [-0.39, 0.29) is 0 Å². The Labute approximate surface area is 92.1 Å². The van der Waals surface area contributed by atoms with Crippen molar-refractivity contribution in [3.8, 4) is 0 Å². The zero-order valence-corrected chi connectivity index (χ0v) is 10.8. The fourth-order valence-electron chi connectivity index (χ4n) is 3.19. The largest absolute Gasteiger partial charge is 0.0988 e. The monoisotopic (exact) mass is 192 g/mol. The minimum atomic E-state index is 0.528. The van der Waals surface area contributed by atoms with E-state index >= 15 is 0 Å². The summed E-state index contributed by atoms with van der Waals surface area (Å²) in [7, 11) is 4.76. The molecule has 0 bridgehead atoms. The third-order valence-corrected chi connectivity index (χ3v) is 3.72. The van der Waals surface area contributed by atoms with E-state index in [0.717, 1.165) is 17.8 Å². The second-order valence-electron chi connectivity index (χ2n) is 6.63. The molecule has 0 aromatic rings. The van der Waals surface area contributed by atoms with Crippen LogP contribution in [0.1, 0.15) is 52.9 Å². The zero-order chi connectivity index (χ0) is 10.8. The Hall–Kier alpha value is 0.130. The highest BCUT2D eigenvalue weighted by Gasteiger charge is 2.32. The molecule has 80 valence electrons. The van der Waals surface area contributed by atoms with Gasteiger partial charge >= 0.3 is 0 Å². The number of hydrogen-bond acceptors (Lipinski definition) is 0. The van der Waals surface area contributed by atoms with E-state index in [4.69, 9.17) is 0 Å². The van der Waals surface area contributed by atoms with Gasteiger partial charge in [0.25, 0.3) is 0 Å². The van der Waals surface area contributed by atoms with E-state index in [1.54, 1.807) is 0 Å². The molecule has 0 aliphatic heterocycles. The van der Waals surface area contributed by atoms with Crippen molar-refractivity contribution in [3.05, 3.63) is 0 Å².